The first kappa shape index (κ1) is 14.4. The Balaban J connectivity index is 2.15. The highest BCUT2D eigenvalue weighted by Gasteiger charge is 2.16. The van der Waals surface area contributed by atoms with Gasteiger partial charge in [0.25, 0.3) is 0 Å². The first-order valence-electron chi connectivity index (χ1n) is 6.70. The normalized spacial score (nSPS) is 12.0. The molecule has 20 heavy (non-hydrogen) atoms. The lowest BCUT2D eigenvalue weighted by molar-refractivity contribution is 0.286. The van der Waals surface area contributed by atoms with Crippen LogP contribution >= 0.6 is 0 Å². The summed E-state index contributed by atoms with van der Waals surface area (Å²) in [7, 11) is 1.67. The largest absolute Gasteiger partial charge is 0.496 e. The van der Waals surface area contributed by atoms with Gasteiger partial charge in [-0.1, -0.05) is 24.3 Å². The van der Waals surface area contributed by atoms with Gasteiger partial charge in [0.1, 0.15) is 18.1 Å². The van der Waals surface area contributed by atoms with E-state index in [1.54, 1.807) is 7.11 Å². The molecule has 0 heterocycles. The van der Waals surface area contributed by atoms with Crippen LogP contribution in [0.1, 0.15) is 22.7 Å². The van der Waals surface area contributed by atoms with Crippen molar-refractivity contribution >= 4 is 0 Å². The molecular formula is C17H21NO2. The summed E-state index contributed by atoms with van der Waals surface area (Å²) in [6.07, 6.45) is 0. The van der Waals surface area contributed by atoms with Crippen LogP contribution in [-0.4, -0.2) is 13.7 Å². The van der Waals surface area contributed by atoms with Crippen molar-refractivity contribution in [1.82, 2.24) is 0 Å². The highest BCUT2D eigenvalue weighted by Crippen LogP contribution is 2.29. The zero-order valence-corrected chi connectivity index (χ0v) is 12.2. The second kappa shape index (κ2) is 6.44. The van der Waals surface area contributed by atoms with Gasteiger partial charge in [0.05, 0.1) is 13.2 Å². The highest BCUT2D eigenvalue weighted by atomic mass is 16.5. The topological polar surface area (TPSA) is 44.5 Å². The Morgan fingerprint density at radius 1 is 1.10 bits per heavy atom. The third kappa shape index (κ3) is 3.31. The van der Waals surface area contributed by atoms with Crippen LogP contribution in [0.5, 0.6) is 11.5 Å². The number of nitrogens with two attached hydrogens (primary N) is 1. The van der Waals surface area contributed by atoms with E-state index < -0.39 is 0 Å². The summed E-state index contributed by atoms with van der Waals surface area (Å²) in [4.78, 5) is 0. The second-order valence-electron chi connectivity index (χ2n) is 4.93. The van der Waals surface area contributed by atoms with Crippen LogP contribution in [-0.2, 0) is 0 Å². The minimum absolute atomic E-state index is 0.217. The van der Waals surface area contributed by atoms with Crippen molar-refractivity contribution in [2.45, 2.75) is 19.9 Å². The van der Waals surface area contributed by atoms with Gasteiger partial charge in [-0.25, -0.2) is 0 Å². The lowest BCUT2D eigenvalue weighted by Crippen LogP contribution is -2.21. The van der Waals surface area contributed by atoms with Crippen LogP contribution in [0.4, 0.5) is 0 Å². The zero-order chi connectivity index (χ0) is 14.5. The lowest BCUT2D eigenvalue weighted by Gasteiger charge is -2.19. The fourth-order valence-electron chi connectivity index (χ4n) is 2.37. The van der Waals surface area contributed by atoms with E-state index in [9.17, 15) is 0 Å². The molecule has 0 fully saturated rings. The third-order valence-electron chi connectivity index (χ3n) is 3.26. The Bertz CT molecular complexity index is 567. The fraction of sp³-hybridized carbons (Fsp3) is 0.294. The van der Waals surface area contributed by atoms with E-state index in [2.05, 4.69) is 6.07 Å². The molecule has 0 saturated carbocycles. The van der Waals surface area contributed by atoms with Crippen molar-refractivity contribution in [3.63, 3.8) is 0 Å². The molecule has 1 atom stereocenters. The number of para-hydroxylation sites is 1. The fourth-order valence-corrected chi connectivity index (χ4v) is 2.37. The molecule has 2 N–H and O–H groups in total. The van der Waals surface area contributed by atoms with Gasteiger partial charge >= 0.3 is 0 Å². The van der Waals surface area contributed by atoms with Gasteiger partial charge < -0.3 is 15.2 Å². The molecule has 0 aliphatic rings. The molecule has 0 spiro atoms. The molecule has 2 rings (SSSR count). The molecule has 0 aliphatic heterocycles. The molecule has 1 unspecified atom stereocenters. The van der Waals surface area contributed by atoms with Gasteiger partial charge in [-0.15, -0.1) is 0 Å². The molecular weight excluding hydrogens is 250 g/mol. The van der Waals surface area contributed by atoms with Gasteiger partial charge in [-0.3, -0.25) is 0 Å². The summed E-state index contributed by atoms with van der Waals surface area (Å²) in [5, 5.41) is 0. The Morgan fingerprint density at radius 2 is 1.80 bits per heavy atom. The van der Waals surface area contributed by atoms with Crippen molar-refractivity contribution in [3.05, 3.63) is 59.2 Å². The molecule has 0 saturated heterocycles. The second-order valence-corrected chi connectivity index (χ2v) is 4.93. The maximum Gasteiger partial charge on any atom is 0.124 e. The maximum absolute atomic E-state index is 6.27. The van der Waals surface area contributed by atoms with Crippen LogP contribution in [0.3, 0.4) is 0 Å². The number of ether oxygens (including phenoxy) is 2. The van der Waals surface area contributed by atoms with E-state index in [0.717, 1.165) is 22.6 Å². The van der Waals surface area contributed by atoms with Gasteiger partial charge in [0.2, 0.25) is 0 Å². The third-order valence-corrected chi connectivity index (χ3v) is 3.26. The summed E-state index contributed by atoms with van der Waals surface area (Å²) in [5.41, 5.74) is 9.57. The smallest absolute Gasteiger partial charge is 0.124 e. The van der Waals surface area contributed by atoms with Gasteiger partial charge in [-0.05, 0) is 43.2 Å². The van der Waals surface area contributed by atoms with Gasteiger partial charge in [0.15, 0.2) is 0 Å². The summed E-state index contributed by atoms with van der Waals surface area (Å²) in [6, 6.07) is 13.6. The molecule has 2 aromatic rings. The molecule has 2 aromatic carbocycles. The molecule has 0 aliphatic carbocycles. The van der Waals surface area contributed by atoms with E-state index in [0.29, 0.717) is 6.61 Å². The molecule has 0 bridgehead atoms. The zero-order valence-electron chi connectivity index (χ0n) is 12.2. The quantitative estimate of drug-likeness (QED) is 0.906. The molecule has 106 valence electrons. The molecule has 0 aromatic heterocycles. The van der Waals surface area contributed by atoms with Crippen LogP contribution in [0, 0.1) is 13.8 Å². The number of rotatable bonds is 5. The molecule has 3 heteroatoms. The minimum atomic E-state index is -0.217. The predicted molar refractivity (Wildman–Crippen MR) is 81.3 cm³/mol. The molecule has 3 nitrogen and oxygen atoms in total. The maximum atomic E-state index is 6.27. The lowest BCUT2D eigenvalue weighted by atomic mass is 9.99. The summed E-state index contributed by atoms with van der Waals surface area (Å²) >= 11 is 0. The molecule has 0 radical (unpaired) electrons. The average molecular weight is 271 g/mol. The van der Waals surface area contributed by atoms with Crippen molar-refractivity contribution < 1.29 is 9.47 Å². The van der Waals surface area contributed by atoms with Crippen molar-refractivity contribution in [2.75, 3.05) is 13.7 Å². The van der Waals surface area contributed by atoms with E-state index in [4.69, 9.17) is 15.2 Å². The van der Waals surface area contributed by atoms with Gasteiger partial charge in [0, 0.05) is 5.56 Å². The van der Waals surface area contributed by atoms with Crippen LogP contribution in [0.25, 0.3) is 0 Å². The summed E-state index contributed by atoms with van der Waals surface area (Å²) in [6.45, 7) is 4.52. The van der Waals surface area contributed by atoms with E-state index >= 15 is 0 Å². The van der Waals surface area contributed by atoms with Crippen molar-refractivity contribution in [3.8, 4) is 11.5 Å². The Hall–Kier alpha value is -2.00. The number of hydrogen-bond acceptors (Lipinski definition) is 3. The van der Waals surface area contributed by atoms with Crippen LogP contribution < -0.4 is 15.2 Å². The number of benzene rings is 2. The van der Waals surface area contributed by atoms with Gasteiger partial charge in [-0.2, -0.15) is 0 Å². The standard InChI is InChI=1S/C17H21NO2/c1-12-9-13(2)17(16(10-12)19-3)15(18)11-20-14-7-5-4-6-8-14/h4-10,15H,11,18H2,1-3H3. The van der Waals surface area contributed by atoms with Crippen molar-refractivity contribution in [2.24, 2.45) is 5.73 Å². The first-order chi connectivity index (χ1) is 9.61. The van der Waals surface area contributed by atoms with Crippen LogP contribution in [0.2, 0.25) is 0 Å². The number of hydrogen-bond donors (Lipinski definition) is 1. The van der Waals surface area contributed by atoms with E-state index in [-0.39, 0.29) is 6.04 Å². The monoisotopic (exact) mass is 271 g/mol. The highest BCUT2D eigenvalue weighted by molar-refractivity contribution is 5.45. The number of methoxy groups -OCH3 is 1. The number of aryl methyl sites for hydroxylation is 2. The van der Waals surface area contributed by atoms with E-state index in [1.807, 2.05) is 50.2 Å². The van der Waals surface area contributed by atoms with Crippen molar-refractivity contribution in [1.29, 1.82) is 0 Å². The average Bonchev–Trinajstić information content (AvgIpc) is 2.45. The SMILES string of the molecule is COc1cc(C)cc(C)c1C(N)COc1ccccc1. The van der Waals surface area contributed by atoms with Crippen LogP contribution in [0.15, 0.2) is 42.5 Å². The predicted octanol–water partition coefficient (Wildman–Crippen LogP) is 3.39. The van der Waals surface area contributed by atoms with E-state index in [1.165, 1.54) is 5.56 Å². The minimum Gasteiger partial charge on any atom is -0.496 e. The summed E-state index contributed by atoms with van der Waals surface area (Å²) in [5.74, 6) is 1.65. The Kier molecular flexibility index (Phi) is 4.64. The Morgan fingerprint density at radius 3 is 2.45 bits per heavy atom. The Labute approximate surface area is 120 Å². The molecule has 0 amide bonds. The first-order valence-corrected chi connectivity index (χ1v) is 6.70. The summed E-state index contributed by atoms with van der Waals surface area (Å²) < 4.78 is 11.2.